The molecule has 0 aliphatic carbocycles. The lowest BCUT2D eigenvalue weighted by Crippen LogP contribution is -2.29. The molecule has 0 atom stereocenters. The van der Waals surface area contributed by atoms with Crippen LogP contribution in [-0.2, 0) is 5.60 Å². The van der Waals surface area contributed by atoms with Crippen molar-refractivity contribution >= 4 is 33.3 Å². The zero-order valence-corrected chi connectivity index (χ0v) is 20.5. The van der Waals surface area contributed by atoms with Crippen LogP contribution in [0.15, 0.2) is 133 Å². The average Bonchev–Trinajstić information content (AvgIpc) is 2.97. The van der Waals surface area contributed by atoms with Crippen LogP contribution in [0.3, 0.4) is 0 Å². The lowest BCUT2D eigenvalue weighted by molar-refractivity contribution is 0.126. The molecule has 6 aromatic rings. The number of hydrogen-bond acceptors (Lipinski definition) is 2. The van der Waals surface area contributed by atoms with Crippen molar-refractivity contribution in [2.24, 2.45) is 0 Å². The summed E-state index contributed by atoms with van der Waals surface area (Å²) < 4.78 is 0. The summed E-state index contributed by atoms with van der Waals surface area (Å²) in [6, 6.07) is 42.8. The lowest BCUT2D eigenvalue weighted by atomic mass is 9.75. The van der Waals surface area contributed by atoms with E-state index in [1.807, 2.05) is 127 Å². The molecular weight excluding hydrogens is 470 g/mol. The van der Waals surface area contributed by atoms with Gasteiger partial charge in [-0.2, -0.15) is 0 Å². The lowest BCUT2D eigenvalue weighted by Gasteiger charge is -2.33. The van der Waals surface area contributed by atoms with Gasteiger partial charge in [0.15, 0.2) is 0 Å². The molecule has 0 aliphatic rings. The van der Waals surface area contributed by atoms with Crippen LogP contribution in [0.4, 0.5) is 10.5 Å². The molecule has 6 rings (SSSR count). The van der Waals surface area contributed by atoms with Crippen molar-refractivity contribution in [1.82, 2.24) is 0 Å². The number of aliphatic hydroxyl groups is 1. The summed E-state index contributed by atoms with van der Waals surface area (Å²) in [6.07, 6.45) is -1.15. The Hall–Kier alpha value is -4.93. The molecule has 0 saturated carbocycles. The first kappa shape index (κ1) is 23.5. The van der Waals surface area contributed by atoms with Crippen LogP contribution in [-0.4, -0.2) is 16.3 Å². The van der Waals surface area contributed by atoms with Crippen LogP contribution in [0.2, 0.25) is 0 Å². The fourth-order valence-corrected chi connectivity index (χ4v) is 5.44. The predicted octanol–water partition coefficient (Wildman–Crippen LogP) is 8.03. The van der Waals surface area contributed by atoms with Crippen molar-refractivity contribution in [2.75, 3.05) is 5.32 Å². The Morgan fingerprint density at radius 3 is 1.58 bits per heavy atom. The maximum atomic E-state index is 12.8. The van der Waals surface area contributed by atoms with Gasteiger partial charge in [-0.25, -0.2) is 4.79 Å². The molecule has 0 aliphatic heterocycles. The van der Waals surface area contributed by atoms with Crippen LogP contribution >= 0.6 is 0 Å². The molecule has 1 amide bonds. The van der Waals surface area contributed by atoms with Crippen LogP contribution in [0.1, 0.15) is 16.7 Å². The second-order valence-electron chi connectivity index (χ2n) is 9.29. The zero-order valence-electron chi connectivity index (χ0n) is 20.5. The Morgan fingerprint density at radius 2 is 1.03 bits per heavy atom. The summed E-state index contributed by atoms with van der Waals surface area (Å²) in [5.74, 6) is 0. The van der Waals surface area contributed by atoms with E-state index in [2.05, 4.69) is 5.32 Å². The van der Waals surface area contributed by atoms with E-state index in [0.29, 0.717) is 11.3 Å². The van der Waals surface area contributed by atoms with Gasteiger partial charge in [-0.1, -0.05) is 127 Å². The van der Waals surface area contributed by atoms with E-state index in [1.165, 1.54) is 0 Å². The fraction of sp³-hybridized carbons (Fsp3) is 0.0294. The highest BCUT2D eigenvalue weighted by Crippen LogP contribution is 2.48. The highest BCUT2D eigenvalue weighted by atomic mass is 16.4. The second-order valence-corrected chi connectivity index (χ2v) is 9.29. The Bertz CT molecular complexity index is 1740. The van der Waals surface area contributed by atoms with Crippen molar-refractivity contribution in [3.05, 3.63) is 150 Å². The van der Waals surface area contributed by atoms with Crippen molar-refractivity contribution < 1.29 is 15.0 Å². The fourth-order valence-electron chi connectivity index (χ4n) is 5.44. The monoisotopic (exact) mass is 495 g/mol. The van der Waals surface area contributed by atoms with Crippen molar-refractivity contribution in [2.45, 2.75) is 5.60 Å². The number of nitrogens with one attached hydrogen (secondary N) is 1. The number of benzene rings is 6. The van der Waals surface area contributed by atoms with Gasteiger partial charge in [-0.3, -0.25) is 5.32 Å². The third-order valence-corrected chi connectivity index (χ3v) is 7.12. The topological polar surface area (TPSA) is 69.6 Å². The van der Waals surface area contributed by atoms with Crippen molar-refractivity contribution in [1.29, 1.82) is 0 Å². The van der Waals surface area contributed by atoms with E-state index in [9.17, 15) is 15.0 Å². The largest absolute Gasteiger partial charge is 0.465 e. The van der Waals surface area contributed by atoms with Gasteiger partial charge in [0, 0.05) is 11.1 Å². The number of amides is 1. The van der Waals surface area contributed by atoms with E-state index < -0.39 is 11.7 Å². The van der Waals surface area contributed by atoms with E-state index in [0.717, 1.165) is 43.8 Å². The first-order valence-corrected chi connectivity index (χ1v) is 12.4. The highest BCUT2D eigenvalue weighted by Gasteiger charge is 2.37. The van der Waals surface area contributed by atoms with Crippen LogP contribution in [0.25, 0.3) is 32.7 Å². The molecule has 3 N–H and O–H groups in total. The normalized spacial score (nSPS) is 11.5. The molecule has 0 fully saturated rings. The minimum atomic E-state index is -1.51. The highest BCUT2D eigenvalue weighted by molar-refractivity contribution is 6.12. The summed E-state index contributed by atoms with van der Waals surface area (Å²) in [6.45, 7) is 0. The quantitative estimate of drug-likeness (QED) is 0.212. The number of carboxylic acid groups (broad SMARTS) is 1. The molecular formula is C34H25NO3. The summed E-state index contributed by atoms with van der Waals surface area (Å²) in [5, 5.41) is 29.0. The van der Waals surface area contributed by atoms with E-state index >= 15 is 0 Å². The number of hydrogen-bond donors (Lipinski definition) is 3. The Kier molecular flexibility index (Phi) is 5.87. The number of rotatable bonds is 5. The van der Waals surface area contributed by atoms with Crippen LogP contribution < -0.4 is 5.32 Å². The summed E-state index contributed by atoms with van der Waals surface area (Å²) in [4.78, 5) is 11.9. The van der Waals surface area contributed by atoms with Gasteiger partial charge >= 0.3 is 6.09 Å². The van der Waals surface area contributed by atoms with Gasteiger partial charge < -0.3 is 10.2 Å². The molecule has 6 aromatic carbocycles. The first-order chi connectivity index (χ1) is 18.6. The third kappa shape index (κ3) is 3.88. The van der Waals surface area contributed by atoms with E-state index in [1.54, 1.807) is 6.07 Å². The molecule has 0 bridgehead atoms. The third-order valence-electron chi connectivity index (χ3n) is 7.12. The van der Waals surface area contributed by atoms with Crippen molar-refractivity contribution in [3.8, 4) is 11.1 Å². The van der Waals surface area contributed by atoms with Gasteiger partial charge in [0.2, 0.25) is 0 Å². The maximum Gasteiger partial charge on any atom is 0.409 e. The van der Waals surface area contributed by atoms with Gasteiger partial charge in [0.1, 0.15) is 5.60 Å². The molecule has 0 unspecified atom stereocenters. The second kappa shape index (κ2) is 9.51. The van der Waals surface area contributed by atoms with Gasteiger partial charge in [0.05, 0.1) is 5.69 Å². The molecule has 0 spiro atoms. The SMILES string of the molecule is O=C(O)Nc1ccc2ccccc2c1-c1c(C(O)(c2ccccc2)c2ccccc2)ccc2ccccc12. The first-order valence-electron chi connectivity index (χ1n) is 12.4. The van der Waals surface area contributed by atoms with Gasteiger partial charge in [-0.15, -0.1) is 0 Å². The standard InChI is InChI=1S/C34H25NO3/c36-33(37)35-30-22-20-24-12-8-10-18-28(24)32(30)31-27-17-9-7-11-23(27)19-21-29(31)34(38,25-13-3-1-4-14-25)26-15-5-2-6-16-26/h1-22,35,38H,(H,36,37). The van der Waals surface area contributed by atoms with Gasteiger partial charge in [-0.05, 0) is 44.3 Å². The summed E-state index contributed by atoms with van der Waals surface area (Å²) in [7, 11) is 0. The predicted molar refractivity (Wildman–Crippen MR) is 154 cm³/mol. The number of fused-ring (bicyclic) bond motifs is 2. The Labute approximate surface area is 220 Å². The van der Waals surface area contributed by atoms with Crippen LogP contribution in [0, 0.1) is 0 Å². The molecule has 4 heteroatoms. The number of anilines is 1. The molecule has 0 heterocycles. The molecule has 0 saturated heterocycles. The average molecular weight is 496 g/mol. The smallest absolute Gasteiger partial charge is 0.409 e. The minimum Gasteiger partial charge on any atom is -0.465 e. The maximum absolute atomic E-state index is 12.8. The van der Waals surface area contributed by atoms with E-state index in [4.69, 9.17) is 0 Å². The molecule has 4 nitrogen and oxygen atoms in total. The Balaban J connectivity index is 1.81. The van der Waals surface area contributed by atoms with Crippen molar-refractivity contribution in [3.63, 3.8) is 0 Å². The van der Waals surface area contributed by atoms with Gasteiger partial charge in [0.25, 0.3) is 0 Å². The minimum absolute atomic E-state index is 0.456. The molecule has 0 radical (unpaired) electrons. The molecule has 0 aromatic heterocycles. The molecule has 38 heavy (non-hydrogen) atoms. The molecule has 184 valence electrons. The Morgan fingerprint density at radius 1 is 0.553 bits per heavy atom. The number of carbonyl (C=O) groups is 1. The van der Waals surface area contributed by atoms with Crippen LogP contribution in [0.5, 0.6) is 0 Å². The van der Waals surface area contributed by atoms with E-state index in [-0.39, 0.29) is 0 Å². The summed E-state index contributed by atoms with van der Waals surface area (Å²) >= 11 is 0. The summed E-state index contributed by atoms with van der Waals surface area (Å²) in [5.41, 5.74) is 2.54. The zero-order chi connectivity index (χ0) is 26.1.